The van der Waals surface area contributed by atoms with Crippen molar-refractivity contribution >= 4 is 31.8 Å². The number of allylic oxidation sites excluding steroid dienone is 2. The van der Waals surface area contributed by atoms with Gasteiger partial charge in [0.15, 0.2) is 0 Å². The molecule has 1 aromatic carbocycles. The predicted molar refractivity (Wildman–Crippen MR) is 87.6 cm³/mol. The fraction of sp³-hybridized carbons (Fsp3) is 0.250. The highest BCUT2D eigenvalue weighted by Gasteiger charge is 2.04. The summed E-state index contributed by atoms with van der Waals surface area (Å²) in [5.41, 5.74) is 2.64. The van der Waals surface area contributed by atoms with Crippen LogP contribution in [0.5, 0.6) is 0 Å². The van der Waals surface area contributed by atoms with E-state index in [9.17, 15) is 0 Å². The summed E-state index contributed by atoms with van der Waals surface area (Å²) in [6.45, 7) is 7.41. The first-order valence-corrected chi connectivity index (χ1v) is 9.50. The molecule has 0 aliphatic heterocycles. The van der Waals surface area contributed by atoms with Gasteiger partial charge in [-0.15, -0.1) is 25.0 Å². The zero-order chi connectivity index (χ0) is 13.6. The Bertz CT molecular complexity index is 343. The predicted octanol–water partition coefficient (Wildman–Crippen LogP) is 5.77. The topological polar surface area (TPSA) is 0 Å². The summed E-state index contributed by atoms with van der Waals surface area (Å²) < 4.78 is 0. The van der Waals surface area contributed by atoms with Crippen LogP contribution in [0, 0.1) is 0 Å². The molecule has 0 aliphatic carbocycles. The molecule has 0 heterocycles. The highest BCUT2D eigenvalue weighted by Crippen LogP contribution is 2.03. The Morgan fingerprint density at radius 2 is 1.83 bits per heavy atom. The summed E-state index contributed by atoms with van der Waals surface area (Å²) in [7, 11) is 0. The summed E-state index contributed by atoms with van der Waals surface area (Å²) in [6, 6.07) is 9.93. The molecule has 1 aromatic rings. The molecule has 0 saturated heterocycles. The molecule has 0 aromatic heterocycles. The van der Waals surface area contributed by atoms with E-state index in [4.69, 9.17) is 11.6 Å². The van der Waals surface area contributed by atoms with Gasteiger partial charge in [0, 0.05) is 5.54 Å². The van der Waals surface area contributed by atoms with Crippen LogP contribution < -0.4 is 0 Å². The highest BCUT2D eigenvalue weighted by molar-refractivity contribution is 6.57. The summed E-state index contributed by atoms with van der Waals surface area (Å²) in [4.78, 5) is 0. The van der Waals surface area contributed by atoms with Gasteiger partial charge in [-0.25, -0.2) is 0 Å². The molecule has 0 atom stereocenters. The van der Waals surface area contributed by atoms with Crippen molar-refractivity contribution in [1.29, 1.82) is 0 Å². The number of hydrogen-bond donors (Lipinski definition) is 0. The Hall–Kier alpha value is -0.738. The van der Waals surface area contributed by atoms with E-state index in [1.807, 2.05) is 48.6 Å². The fourth-order valence-corrected chi connectivity index (χ4v) is 3.20. The number of rotatable bonds is 6. The van der Waals surface area contributed by atoms with E-state index in [1.54, 1.807) is 0 Å². The Morgan fingerprint density at radius 1 is 1.17 bits per heavy atom. The summed E-state index contributed by atoms with van der Waals surface area (Å²) in [5, 5.41) is 2.66. The SMILES string of the molecule is C=CC[CH2][Al]([CH3])[CH2]C=C.ClC=Cc1ccccc1. The van der Waals surface area contributed by atoms with E-state index in [0.717, 1.165) is 5.56 Å². The van der Waals surface area contributed by atoms with Gasteiger partial charge in [-0.3, -0.25) is 0 Å². The maximum atomic E-state index is 5.36. The van der Waals surface area contributed by atoms with Gasteiger partial charge < -0.3 is 0 Å². The van der Waals surface area contributed by atoms with E-state index in [1.165, 1.54) is 22.5 Å². The third kappa shape index (κ3) is 10.4. The second kappa shape index (κ2) is 12.7. The second-order valence-electron chi connectivity index (χ2n) is 4.20. The van der Waals surface area contributed by atoms with E-state index in [-0.39, 0.29) is 0 Å². The van der Waals surface area contributed by atoms with Gasteiger partial charge in [-0.05, 0) is 18.1 Å². The van der Waals surface area contributed by atoms with E-state index >= 15 is 0 Å². The van der Waals surface area contributed by atoms with Crippen molar-refractivity contribution < 1.29 is 0 Å². The van der Waals surface area contributed by atoms with Crippen LogP contribution in [0.2, 0.25) is 16.4 Å². The minimum absolute atomic E-state index is 0.409. The average molecular weight is 277 g/mol. The lowest BCUT2D eigenvalue weighted by Gasteiger charge is -1.97. The highest BCUT2D eigenvalue weighted by atomic mass is 35.5. The fourth-order valence-electron chi connectivity index (χ4n) is 1.44. The standard InChI is InChI=1S/C8H7Cl.C4H7.C3H5.CH3.Al/c9-7-6-8-4-2-1-3-5-8;1-3-4-2;1-3-2;;/h1-7H;3H,1-2,4H2;3H,1-2H2;1H3;. The third-order valence-corrected chi connectivity index (χ3v) is 5.07. The van der Waals surface area contributed by atoms with E-state index in [2.05, 4.69) is 18.9 Å². The van der Waals surface area contributed by atoms with Gasteiger partial charge in [0.05, 0.1) is 0 Å². The largest absolute Gasteiger partial charge is 0.263 e. The van der Waals surface area contributed by atoms with Crippen molar-refractivity contribution in [3.05, 3.63) is 66.7 Å². The molecule has 0 nitrogen and oxygen atoms in total. The maximum Gasteiger partial charge on any atom is 0.263 e. The van der Waals surface area contributed by atoms with Crippen molar-refractivity contribution in [2.45, 2.75) is 22.8 Å². The molecule has 0 saturated carbocycles. The van der Waals surface area contributed by atoms with Crippen LogP contribution in [0.1, 0.15) is 12.0 Å². The summed E-state index contributed by atoms with van der Waals surface area (Å²) in [6.07, 6.45) is 7.09. The van der Waals surface area contributed by atoms with Crippen LogP contribution in [0.25, 0.3) is 6.08 Å². The normalized spacial score (nSPS) is 9.44. The smallest absolute Gasteiger partial charge is 0.106 e. The van der Waals surface area contributed by atoms with Gasteiger partial charge in [0.25, 0.3) is 14.1 Å². The average Bonchev–Trinajstić information content (AvgIpc) is 2.39. The van der Waals surface area contributed by atoms with Gasteiger partial charge in [0.2, 0.25) is 0 Å². The molecule has 0 bridgehead atoms. The minimum atomic E-state index is -0.409. The third-order valence-electron chi connectivity index (χ3n) is 2.49. The first-order chi connectivity index (χ1) is 8.74. The van der Waals surface area contributed by atoms with Crippen molar-refractivity contribution in [1.82, 2.24) is 0 Å². The zero-order valence-corrected chi connectivity index (χ0v) is 13.1. The Balaban J connectivity index is 0.000000321. The lowest BCUT2D eigenvalue weighted by molar-refractivity contribution is 1.18. The molecule has 0 unspecified atom stereocenters. The van der Waals surface area contributed by atoms with Crippen LogP contribution in [-0.2, 0) is 0 Å². The Kier molecular flexibility index (Phi) is 12.2. The summed E-state index contributed by atoms with van der Waals surface area (Å²) in [5.74, 6) is 2.38. The van der Waals surface area contributed by atoms with Crippen LogP contribution in [-0.4, -0.2) is 14.1 Å². The van der Waals surface area contributed by atoms with Crippen molar-refractivity contribution in [3.8, 4) is 0 Å². The molecule has 1 rings (SSSR count). The molecule has 0 aliphatic rings. The molecular weight excluding hydrogens is 255 g/mol. The molecule has 2 heteroatoms. The molecule has 96 valence electrons. The maximum absolute atomic E-state index is 5.36. The van der Waals surface area contributed by atoms with Crippen molar-refractivity contribution in [2.75, 3.05) is 0 Å². The van der Waals surface area contributed by atoms with Gasteiger partial charge in [-0.2, -0.15) is 0 Å². The lowest BCUT2D eigenvalue weighted by Crippen LogP contribution is -2.02. The van der Waals surface area contributed by atoms with Crippen LogP contribution in [0.4, 0.5) is 0 Å². The minimum Gasteiger partial charge on any atom is -0.106 e. The molecule has 0 radical (unpaired) electrons. The molecule has 0 amide bonds. The van der Waals surface area contributed by atoms with Crippen molar-refractivity contribution in [2.24, 2.45) is 0 Å². The van der Waals surface area contributed by atoms with Crippen LogP contribution in [0.15, 0.2) is 61.2 Å². The number of benzene rings is 1. The number of halogens is 1. The molecule has 0 N–H and O–H groups in total. The van der Waals surface area contributed by atoms with Crippen LogP contribution >= 0.6 is 11.6 Å². The van der Waals surface area contributed by atoms with E-state index < -0.39 is 14.1 Å². The Morgan fingerprint density at radius 3 is 2.33 bits per heavy atom. The van der Waals surface area contributed by atoms with Gasteiger partial charge >= 0.3 is 0 Å². The Labute approximate surface area is 121 Å². The summed E-state index contributed by atoms with van der Waals surface area (Å²) >= 11 is 4.95. The van der Waals surface area contributed by atoms with Gasteiger partial charge in [0.1, 0.15) is 0 Å². The molecule has 0 spiro atoms. The monoisotopic (exact) mass is 276 g/mol. The van der Waals surface area contributed by atoms with Crippen molar-refractivity contribution in [3.63, 3.8) is 0 Å². The molecule has 18 heavy (non-hydrogen) atoms. The second-order valence-corrected chi connectivity index (χ2v) is 7.71. The first-order valence-electron chi connectivity index (χ1n) is 6.28. The van der Waals surface area contributed by atoms with E-state index in [0.29, 0.717) is 0 Å². The van der Waals surface area contributed by atoms with Crippen LogP contribution in [0.3, 0.4) is 0 Å². The van der Waals surface area contributed by atoms with Gasteiger partial charge in [-0.1, -0.05) is 58.6 Å². The lowest BCUT2D eigenvalue weighted by atomic mass is 10.2. The molecule has 0 fully saturated rings. The zero-order valence-electron chi connectivity index (χ0n) is 11.2. The number of hydrogen-bond acceptors (Lipinski definition) is 0. The first kappa shape index (κ1) is 17.3. The molecular formula is C16H22AlCl. The quantitative estimate of drug-likeness (QED) is 0.457.